The van der Waals surface area contributed by atoms with Crippen molar-refractivity contribution in [3.05, 3.63) is 72.1 Å². The molecule has 0 fully saturated rings. The third-order valence-electron chi connectivity index (χ3n) is 4.55. The van der Waals surface area contributed by atoms with Crippen LogP contribution in [0.15, 0.2) is 60.9 Å². The highest BCUT2D eigenvalue weighted by molar-refractivity contribution is 5.94. The fourth-order valence-corrected chi connectivity index (χ4v) is 3.25. The fraction of sp³-hybridized carbons (Fsp3) is 0.136. The minimum absolute atomic E-state index is 0.675. The Kier molecular flexibility index (Phi) is 4.09. The highest BCUT2D eigenvalue weighted by Crippen LogP contribution is 2.31. The maximum atomic E-state index is 4.73. The Morgan fingerprint density at radius 1 is 0.885 bits per heavy atom. The molecule has 2 heterocycles. The second kappa shape index (κ2) is 6.56. The molecule has 0 saturated heterocycles. The number of hydrogen-bond acceptors (Lipinski definition) is 4. The molecule has 0 bridgehead atoms. The molecule has 4 heteroatoms. The monoisotopic (exact) mass is 340 g/mol. The summed E-state index contributed by atoms with van der Waals surface area (Å²) < 4.78 is 0. The number of pyridine rings is 1. The van der Waals surface area contributed by atoms with Crippen molar-refractivity contribution in [2.24, 2.45) is 0 Å². The minimum atomic E-state index is 0.675. The number of fused-ring (bicyclic) bond motifs is 1. The third-order valence-corrected chi connectivity index (χ3v) is 4.55. The zero-order valence-electron chi connectivity index (χ0n) is 15.1. The van der Waals surface area contributed by atoms with Gasteiger partial charge in [0.15, 0.2) is 5.82 Å². The molecule has 0 saturated carbocycles. The van der Waals surface area contributed by atoms with Crippen LogP contribution in [0.1, 0.15) is 11.1 Å². The number of aromatic nitrogens is 3. The molecule has 2 aromatic carbocycles. The first-order chi connectivity index (χ1) is 12.7. The van der Waals surface area contributed by atoms with E-state index in [1.807, 2.05) is 19.2 Å². The standard InChI is InChI=1S/C22H20N4/c1-14-6-8-18(15(2)11-14)16-7-9-20-19(12-16)22(23-3)26-21(25-20)17-5-4-10-24-13-17/h4-13H,1-3H3,(H,23,25,26). The van der Waals surface area contributed by atoms with Crippen LogP contribution in [0.4, 0.5) is 5.82 Å². The molecule has 4 aromatic rings. The summed E-state index contributed by atoms with van der Waals surface area (Å²) >= 11 is 0. The van der Waals surface area contributed by atoms with Crippen LogP contribution in [0.3, 0.4) is 0 Å². The predicted octanol–water partition coefficient (Wildman–Crippen LogP) is 5.02. The summed E-state index contributed by atoms with van der Waals surface area (Å²) in [7, 11) is 1.89. The van der Waals surface area contributed by atoms with E-state index in [1.54, 1.807) is 12.4 Å². The zero-order chi connectivity index (χ0) is 18.1. The molecule has 2 aromatic heterocycles. The Morgan fingerprint density at radius 3 is 2.50 bits per heavy atom. The molecule has 0 unspecified atom stereocenters. The Hall–Kier alpha value is -3.27. The van der Waals surface area contributed by atoms with E-state index >= 15 is 0 Å². The smallest absolute Gasteiger partial charge is 0.163 e. The van der Waals surface area contributed by atoms with Gasteiger partial charge in [0.25, 0.3) is 0 Å². The molecule has 0 atom stereocenters. The fourth-order valence-electron chi connectivity index (χ4n) is 3.25. The summed E-state index contributed by atoms with van der Waals surface area (Å²) in [6.07, 6.45) is 3.53. The molecule has 4 nitrogen and oxygen atoms in total. The molecule has 0 aliphatic carbocycles. The first-order valence-electron chi connectivity index (χ1n) is 8.63. The summed E-state index contributed by atoms with van der Waals surface area (Å²) in [6.45, 7) is 4.26. The molecular formula is C22H20N4. The lowest BCUT2D eigenvalue weighted by Crippen LogP contribution is -1.99. The topological polar surface area (TPSA) is 50.7 Å². The van der Waals surface area contributed by atoms with Gasteiger partial charge >= 0.3 is 0 Å². The van der Waals surface area contributed by atoms with Crippen molar-refractivity contribution in [3.8, 4) is 22.5 Å². The van der Waals surface area contributed by atoms with Gasteiger partial charge in [0.2, 0.25) is 0 Å². The Balaban J connectivity index is 1.88. The van der Waals surface area contributed by atoms with Crippen molar-refractivity contribution in [1.82, 2.24) is 15.0 Å². The molecular weight excluding hydrogens is 320 g/mol. The van der Waals surface area contributed by atoms with E-state index in [4.69, 9.17) is 9.97 Å². The van der Waals surface area contributed by atoms with Crippen LogP contribution in [0.5, 0.6) is 0 Å². The van der Waals surface area contributed by atoms with Gasteiger partial charge in [-0.05, 0) is 54.8 Å². The van der Waals surface area contributed by atoms with Crippen LogP contribution in [0.25, 0.3) is 33.4 Å². The van der Waals surface area contributed by atoms with Crippen LogP contribution in [0, 0.1) is 13.8 Å². The molecule has 0 amide bonds. The van der Waals surface area contributed by atoms with E-state index in [-0.39, 0.29) is 0 Å². The van der Waals surface area contributed by atoms with Gasteiger partial charge in [-0.3, -0.25) is 4.98 Å². The normalized spacial score (nSPS) is 10.9. The van der Waals surface area contributed by atoms with Gasteiger partial charge < -0.3 is 5.32 Å². The second-order valence-corrected chi connectivity index (χ2v) is 6.44. The molecule has 0 radical (unpaired) electrons. The lowest BCUT2D eigenvalue weighted by Gasteiger charge is -2.11. The number of benzene rings is 2. The van der Waals surface area contributed by atoms with Crippen LogP contribution in [-0.4, -0.2) is 22.0 Å². The van der Waals surface area contributed by atoms with E-state index in [0.717, 1.165) is 22.3 Å². The molecule has 128 valence electrons. The van der Waals surface area contributed by atoms with Crippen molar-refractivity contribution in [3.63, 3.8) is 0 Å². The summed E-state index contributed by atoms with van der Waals surface area (Å²) in [5.41, 5.74) is 6.76. The number of hydrogen-bond donors (Lipinski definition) is 1. The average Bonchev–Trinajstić information content (AvgIpc) is 2.67. The van der Waals surface area contributed by atoms with Gasteiger partial charge in [0.1, 0.15) is 5.82 Å². The largest absolute Gasteiger partial charge is 0.373 e. The first-order valence-corrected chi connectivity index (χ1v) is 8.63. The summed E-state index contributed by atoms with van der Waals surface area (Å²) in [5, 5.41) is 4.22. The number of aryl methyl sites for hydroxylation is 2. The van der Waals surface area contributed by atoms with Crippen molar-refractivity contribution in [1.29, 1.82) is 0 Å². The quantitative estimate of drug-likeness (QED) is 0.569. The highest BCUT2D eigenvalue weighted by atomic mass is 15.0. The first kappa shape index (κ1) is 16.2. The lowest BCUT2D eigenvalue weighted by atomic mass is 9.97. The molecule has 0 aliphatic rings. The SMILES string of the molecule is CNc1nc(-c2cccnc2)nc2ccc(-c3ccc(C)cc3C)cc12. The van der Waals surface area contributed by atoms with Crippen molar-refractivity contribution >= 4 is 16.7 Å². The molecule has 26 heavy (non-hydrogen) atoms. The molecule has 0 spiro atoms. The Morgan fingerprint density at radius 2 is 1.77 bits per heavy atom. The zero-order valence-corrected chi connectivity index (χ0v) is 15.1. The Bertz CT molecular complexity index is 1090. The summed E-state index contributed by atoms with van der Waals surface area (Å²) in [6, 6.07) is 16.7. The lowest BCUT2D eigenvalue weighted by molar-refractivity contribution is 1.20. The summed E-state index contributed by atoms with van der Waals surface area (Å²) in [4.78, 5) is 13.6. The van der Waals surface area contributed by atoms with Gasteiger partial charge in [-0.2, -0.15) is 0 Å². The third kappa shape index (κ3) is 2.90. The molecule has 0 aliphatic heterocycles. The van der Waals surface area contributed by atoms with Gasteiger partial charge in [-0.1, -0.05) is 29.8 Å². The van der Waals surface area contributed by atoms with E-state index in [1.165, 1.54) is 22.3 Å². The van der Waals surface area contributed by atoms with E-state index in [2.05, 4.69) is 60.5 Å². The van der Waals surface area contributed by atoms with Gasteiger partial charge in [0.05, 0.1) is 5.52 Å². The summed E-state index contributed by atoms with van der Waals surface area (Å²) in [5.74, 6) is 1.50. The van der Waals surface area contributed by atoms with Crippen LogP contribution in [0.2, 0.25) is 0 Å². The highest BCUT2D eigenvalue weighted by Gasteiger charge is 2.11. The van der Waals surface area contributed by atoms with E-state index in [0.29, 0.717) is 5.82 Å². The predicted molar refractivity (Wildman–Crippen MR) is 107 cm³/mol. The van der Waals surface area contributed by atoms with Crippen LogP contribution >= 0.6 is 0 Å². The number of nitrogens with zero attached hydrogens (tertiary/aromatic N) is 3. The number of nitrogens with one attached hydrogen (secondary N) is 1. The van der Waals surface area contributed by atoms with Gasteiger partial charge in [-0.15, -0.1) is 0 Å². The maximum Gasteiger partial charge on any atom is 0.163 e. The molecule has 1 N–H and O–H groups in total. The van der Waals surface area contributed by atoms with Crippen molar-refractivity contribution < 1.29 is 0 Å². The average molecular weight is 340 g/mol. The van der Waals surface area contributed by atoms with Crippen molar-refractivity contribution in [2.45, 2.75) is 13.8 Å². The Labute approximate surface area is 153 Å². The second-order valence-electron chi connectivity index (χ2n) is 6.44. The molecule has 4 rings (SSSR count). The van der Waals surface area contributed by atoms with Crippen LogP contribution < -0.4 is 5.32 Å². The van der Waals surface area contributed by atoms with Gasteiger partial charge in [-0.25, -0.2) is 9.97 Å². The van der Waals surface area contributed by atoms with Crippen LogP contribution in [-0.2, 0) is 0 Å². The van der Waals surface area contributed by atoms with Gasteiger partial charge in [0, 0.05) is 30.4 Å². The number of anilines is 1. The minimum Gasteiger partial charge on any atom is -0.373 e. The number of rotatable bonds is 3. The van der Waals surface area contributed by atoms with E-state index in [9.17, 15) is 0 Å². The maximum absolute atomic E-state index is 4.73. The van der Waals surface area contributed by atoms with Crippen molar-refractivity contribution in [2.75, 3.05) is 12.4 Å². The van der Waals surface area contributed by atoms with E-state index < -0.39 is 0 Å².